The van der Waals surface area contributed by atoms with Crippen LogP contribution in [0.3, 0.4) is 0 Å². The maximum atomic E-state index is 13.0. The van der Waals surface area contributed by atoms with Crippen molar-refractivity contribution in [1.82, 2.24) is 0 Å². The van der Waals surface area contributed by atoms with E-state index in [4.69, 9.17) is 25.8 Å². The molecule has 0 aromatic heterocycles. The number of hydrogen-bond donors (Lipinski definition) is 1. The summed E-state index contributed by atoms with van der Waals surface area (Å²) in [6, 6.07) is 9.75. The highest BCUT2D eigenvalue weighted by Gasteiger charge is 2.35. The Balaban J connectivity index is 1.59. The van der Waals surface area contributed by atoms with Crippen molar-refractivity contribution >= 4 is 29.2 Å². The number of nitrogens with one attached hydrogen (secondary N) is 1. The van der Waals surface area contributed by atoms with Crippen LogP contribution in [0.4, 0.5) is 18.9 Å². The molecule has 1 amide bonds. The minimum Gasteiger partial charge on any atom is -0.485 e. The summed E-state index contributed by atoms with van der Waals surface area (Å²) >= 11 is 5.75. The topological polar surface area (TPSA) is 73.9 Å². The first kappa shape index (κ1) is 19.8. The Kier molecular flexibility index (Phi) is 5.64. The first-order valence-corrected chi connectivity index (χ1v) is 8.34. The van der Waals surface area contributed by atoms with Crippen LogP contribution in [0.2, 0.25) is 5.02 Å². The number of alkyl halides is 3. The van der Waals surface area contributed by atoms with Crippen LogP contribution >= 0.6 is 11.6 Å². The second kappa shape index (κ2) is 7.97. The predicted molar refractivity (Wildman–Crippen MR) is 92.4 cm³/mol. The Morgan fingerprint density at radius 2 is 1.86 bits per heavy atom. The molecule has 2 aromatic carbocycles. The molecule has 28 heavy (non-hydrogen) atoms. The Bertz CT molecular complexity index is 903. The van der Waals surface area contributed by atoms with Crippen LogP contribution in [0.5, 0.6) is 11.5 Å². The fourth-order valence-electron chi connectivity index (χ4n) is 2.43. The number of carbonyl (C=O) groups excluding carboxylic acids is 2. The SMILES string of the molecule is O=C(COC(=O)C1COc2ccccc2O1)Nc1c(Cl)cccc1C(F)(F)F. The minimum absolute atomic E-state index is 0.125. The van der Waals surface area contributed by atoms with Gasteiger partial charge in [0.15, 0.2) is 18.1 Å². The first-order chi connectivity index (χ1) is 13.3. The van der Waals surface area contributed by atoms with Crippen LogP contribution in [-0.2, 0) is 20.5 Å². The molecule has 1 N–H and O–H groups in total. The third-order valence-electron chi connectivity index (χ3n) is 3.70. The van der Waals surface area contributed by atoms with Crippen molar-refractivity contribution in [3.63, 3.8) is 0 Å². The van der Waals surface area contributed by atoms with Crippen molar-refractivity contribution in [1.29, 1.82) is 0 Å². The molecule has 1 heterocycles. The number of fused-ring (bicyclic) bond motifs is 1. The molecule has 148 valence electrons. The van der Waals surface area contributed by atoms with E-state index >= 15 is 0 Å². The fraction of sp³-hybridized carbons (Fsp3) is 0.222. The van der Waals surface area contributed by atoms with Gasteiger partial charge in [-0.05, 0) is 24.3 Å². The van der Waals surface area contributed by atoms with E-state index in [-0.39, 0.29) is 11.6 Å². The normalized spacial score (nSPS) is 15.6. The third kappa shape index (κ3) is 4.48. The summed E-state index contributed by atoms with van der Waals surface area (Å²) in [7, 11) is 0. The zero-order valence-electron chi connectivity index (χ0n) is 14.1. The van der Waals surface area contributed by atoms with Gasteiger partial charge in [-0.3, -0.25) is 4.79 Å². The molecule has 0 fully saturated rings. The monoisotopic (exact) mass is 415 g/mol. The van der Waals surface area contributed by atoms with Crippen LogP contribution in [0.15, 0.2) is 42.5 Å². The molecule has 0 bridgehead atoms. The summed E-state index contributed by atoms with van der Waals surface area (Å²) in [5.41, 5.74) is -1.72. The van der Waals surface area contributed by atoms with E-state index in [0.29, 0.717) is 11.5 Å². The van der Waals surface area contributed by atoms with Crippen molar-refractivity contribution in [3.8, 4) is 11.5 Å². The molecule has 0 radical (unpaired) electrons. The van der Waals surface area contributed by atoms with Crippen molar-refractivity contribution in [2.24, 2.45) is 0 Å². The highest BCUT2D eigenvalue weighted by Crippen LogP contribution is 2.38. The molecule has 1 unspecified atom stereocenters. The van der Waals surface area contributed by atoms with E-state index in [0.717, 1.165) is 12.1 Å². The van der Waals surface area contributed by atoms with Gasteiger partial charge in [-0.2, -0.15) is 13.2 Å². The number of amides is 1. The number of ether oxygens (including phenoxy) is 3. The third-order valence-corrected chi connectivity index (χ3v) is 4.02. The fourth-order valence-corrected chi connectivity index (χ4v) is 2.65. The summed E-state index contributed by atoms with van der Waals surface area (Å²) in [6.45, 7) is -0.941. The Labute approximate surface area is 162 Å². The molecule has 0 aliphatic carbocycles. The van der Waals surface area contributed by atoms with E-state index in [1.54, 1.807) is 24.3 Å². The number of carbonyl (C=O) groups is 2. The lowest BCUT2D eigenvalue weighted by molar-refractivity contribution is -0.156. The molecule has 0 saturated carbocycles. The van der Waals surface area contributed by atoms with E-state index in [1.807, 2.05) is 5.32 Å². The standard InChI is InChI=1S/C18H13ClF3NO5/c19-11-5-3-4-10(18(20,21)22)16(11)23-15(24)9-27-17(25)14-8-26-12-6-1-2-7-13(12)28-14/h1-7,14H,8-9H2,(H,23,24). The summed E-state index contributed by atoms with van der Waals surface area (Å²) < 4.78 is 54.7. The number of anilines is 1. The molecule has 10 heteroatoms. The molecule has 0 spiro atoms. The van der Waals surface area contributed by atoms with Gasteiger partial charge < -0.3 is 19.5 Å². The molecule has 0 saturated heterocycles. The summed E-state index contributed by atoms with van der Waals surface area (Å²) in [4.78, 5) is 24.0. The average molecular weight is 416 g/mol. The molecule has 3 rings (SSSR count). The second-order valence-electron chi connectivity index (χ2n) is 5.68. The van der Waals surface area contributed by atoms with Crippen molar-refractivity contribution in [3.05, 3.63) is 53.1 Å². The molecule has 1 atom stereocenters. The summed E-state index contributed by atoms with van der Waals surface area (Å²) in [5.74, 6) is -1.07. The Morgan fingerprint density at radius 3 is 2.57 bits per heavy atom. The van der Waals surface area contributed by atoms with E-state index in [1.165, 1.54) is 6.07 Å². The highest BCUT2D eigenvalue weighted by molar-refractivity contribution is 6.34. The first-order valence-electron chi connectivity index (χ1n) is 7.96. The van der Waals surface area contributed by atoms with Crippen LogP contribution in [0, 0.1) is 0 Å². The van der Waals surface area contributed by atoms with E-state index in [2.05, 4.69) is 0 Å². The maximum Gasteiger partial charge on any atom is 0.418 e. The quantitative estimate of drug-likeness (QED) is 0.771. The number of hydrogen-bond acceptors (Lipinski definition) is 5. The average Bonchev–Trinajstić information content (AvgIpc) is 2.66. The number of rotatable bonds is 4. The number of benzene rings is 2. The molecule has 6 nitrogen and oxygen atoms in total. The Hall–Kier alpha value is -2.94. The lowest BCUT2D eigenvalue weighted by atomic mass is 10.1. The van der Waals surface area contributed by atoms with Gasteiger partial charge >= 0.3 is 12.1 Å². The van der Waals surface area contributed by atoms with Gasteiger partial charge in [0.25, 0.3) is 5.91 Å². The van der Waals surface area contributed by atoms with E-state index in [9.17, 15) is 22.8 Å². The lowest BCUT2D eigenvalue weighted by Gasteiger charge is -2.24. The minimum atomic E-state index is -4.72. The maximum absolute atomic E-state index is 13.0. The van der Waals surface area contributed by atoms with Crippen LogP contribution in [0.1, 0.15) is 5.56 Å². The molecular weight excluding hydrogens is 403 g/mol. The van der Waals surface area contributed by atoms with Crippen LogP contribution in [-0.4, -0.2) is 31.2 Å². The van der Waals surface area contributed by atoms with Gasteiger partial charge in [-0.25, -0.2) is 4.79 Å². The van der Waals surface area contributed by atoms with Crippen LogP contribution < -0.4 is 14.8 Å². The zero-order chi connectivity index (χ0) is 20.3. The highest BCUT2D eigenvalue weighted by atomic mass is 35.5. The summed E-state index contributed by atoms with van der Waals surface area (Å²) in [5, 5.41) is 1.72. The lowest BCUT2D eigenvalue weighted by Crippen LogP contribution is -2.39. The van der Waals surface area contributed by atoms with Gasteiger partial charge in [0.2, 0.25) is 6.10 Å². The molecule has 2 aromatic rings. The Morgan fingerprint density at radius 1 is 1.14 bits per heavy atom. The van der Waals surface area contributed by atoms with Crippen LogP contribution in [0.25, 0.3) is 0 Å². The van der Waals surface area contributed by atoms with Gasteiger partial charge in [0.1, 0.15) is 6.61 Å². The molecule has 1 aliphatic heterocycles. The molecule has 1 aliphatic rings. The van der Waals surface area contributed by atoms with Gasteiger partial charge in [-0.1, -0.05) is 29.8 Å². The van der Waals surface area contributed by atoms with Gasteiger partial charge in [-0.15, -0.1) is 0 Å². The zero-order valence-corrected chi connectivity index (χ0v) is 14.8. The smallest absolute Gasteiger partial charge is 0.418 e. The molecular formula is C18H13ClF3NO5. The van der Waals surface area contributed by atoms with Gasteiger partial charge in [0.05, 0.1) is 16.3 Å². The number of halogens is 4. The summed E-state index contributed by atoms with van der Waals surface area (Å²) in [6.07, 6.45) is -5.82. The van der Waals surface area contributed by atoms with Crippen molar-refractivity contribution in [2.45, 2.75) is 12.3 Å². The second-order valence-corrected chi connectivity index (χ2v) is 6.09. The van der Waals surface area contributed by atoms with Gasteiger partial charge in [0, 0.05) is 0 Å². The largest absolute Gasteiger partial charge is 0.485 e. The number of esters is 1. The van der Waals surface area contributed by atoms with Crippen molar-refractivity contribution in [2.75, 3.05) is 18.5 Å². The number of para-hydroxylation sites is 3. The predicted octanol–water partition coefficient (Wildman–Crippen LogP) is 3.68. The van der Waals surface area contributed by atoms with Crippen molar-refractivity contribution < 1.29 is 37.0 Å². The van der Waals surface area contributed by atoms with E-state index < -0.39 is 42.0 Å².